The van der Waals surface area contributed by atoms with Gasteiger partial charge in [0.15, 0.2) is 5.82 Å². The average molecular weight is 336 g/mol. The van der Waals surface area contributed by atoms with E-state index in [0.29, 0.717) is 6.04 Å². The Labute approximate surface area is 147 Å². The van der Waals surface area contributed by atoms with Crippen LogP contribution in [0, 0.1) is 0 Å². The van der Waals surface area contributed by atoms with Crippen molar-refractivity contribution in [1.82, 2.24) is 29.6 Å². The Kier molecular flexibility index (Phi) is 4.61. The van der Waals surface area contributed by atoms with E-state index >= 15 is 0 Å². The summed E-state index contributed by atoms with van der Waals surface area (Å²) in [6.07, 6.45) is 6.91. The summed E-state index contributed by atoms with van der Waals surface area (Å²) in [6.45, 7) is 4.62. The SMILES string of the molecule is CCc1nc2n(n1)CC(NCc1nccn1Cc1ccccc1)CC2. The summed E-state index contributed by atoms with van der Waals surface area (Å²) < 4.78 is 4.28. The Balaban J connectivity index is 1.37. The number of hydrogen-bond donors (Lipinski definition) is 1. The first-order valence-corrected chi connectivity index (χ1v) is 9.01. The van der Waals surface area contributed by atoms with E-state index in [-0.39, 0.29) is 0 Å². The Hall–Kier alpha value is -2.47. The van der Waals surface area contributed by atoms with Crippen LogP contribution in [0.3, 0.4) is 0 Å². The lowest BCUT2D eigenvalue weighted by Crippen LogP contribution is -2.38. The van der Waals surface area contributed by atoms with Gasteiger partial charge >= 0.3 is 0 Å². The molecule has 1 N–H and O–H groups in total. The maximum atomic E-state index is 4.58. The van der Waals surface area contributed by atoms with Crippen LogP contribution < -0.4 is 5.32 Å². The van der Waals surface area contributed by atoms with E-state index in [2.05, 4.69) is 60.8 Å². The van der Waals surface area contributed by atoms with Gasteiger partial charge in [-0.05, 0) is 12.0 Å². The number of hydrogen-bond acceptors (Lipinski definition) is 4. The summed E-state index contributed by atoms with van der Waals surface area (Å²) >= 11 is 0. The molecule has 0 bridgehead atoms. The molecule has 0 aliphatic carbocycles. The van der Waals surface area contributed by atoms with Crippen molar-refractivity contribution < 1.29 is 0 Å². The highest BCUT2D eigenvalue weighted by Crippen LogP contribution is 2.14. The minimum Gasteiger partial charge on any atom is -0.329 e. The van der Waals surface area contributed by atoms with Crippen LogP contribution in [0.4, 0.5) is 0 Å². The van der Waals surface area contributed by atoms with E-state index in [1.54, 1.807) is 0 Å². The van der Waals surface area contributed by atoms with E-state index in [1.807, 2.05) is 18.5 Å². The molecule has 4 rings (SSSR count). The van der Waals surface area contributed by atoms with Crippen LogP contribution in [0.15, 0.2) is 42.7 Å². The van der Waals surface area contributed by atoms with E-state index < -0.39 is 0 Å². The fraction of sp³-hybridized carbons (Fsp3) is 0.421. The molecular weight excluding hydrogens is 312 g/mol. The maximum Gasteiger partial charge on any atom is 0.150 e. The van der Waals surface area contributed by atoms with E-state index in [4.69, 9.17) is 0 Å². The summed E-state index contributed by atoms with van der Waals surface area (Å²) in [5.41, 5.74) is 1.29. The van der Waals surface area contributed by atoms with E-state index in [1.165, 1.54) is 5.56 Å². The molecule has 0 amide bonds. The highest BCUT2D eigenvalue weighted by atomic mass is 15.4. The van der Waals surface area contributed by atoms with Crippen molar-refractivity contribution in [2.24, 2.45) is 0 Å². The fourth-order valence-corrected chi connectivity index (χ4v) is 3.34. The van der Waals surface area contributed by atoms with Crippen LogP contribution in [0.25, 0.3) is 0 Å². The second-order valence-corrected chi connectivity index (χ2v) is 6.55. The molecule has 0 radical (unpaired) electrons. The van der Waals surface area contributed by atoms with Crippen LogP contribution in [-0.2, 0) is 32.5 Å². The molecule has 0 spiro atoms. The van der Waals surface area contributed by atoms with Crippen LogP contribution in [0.1, 0.15) is 36.4 Å². The minimum atomic E-state index is 0.417. The van der Waals surface area contributed by atoms with Crippen molar-refractivity contribution in [2.75, 3.05) is 0 Å². The van der Waals surface area contributed by atoms with Gasteiger partial charge in [0.2, 0.25) is 0 Å². The average Bonchev–Trinajstić information content (AvgIpc) is 3.26. The van der Waals surface area contributed by atoms with Crippen molar-refractivity contribution in [2.45, 2.75) is 51.9 Å². The van der Waals surface area contributed by atoms with Gasteiger partial charge < -0.3 is 9.88 Å². The van der Waals surface area contributed by atoms with Gasteiger partial charge in [-0.2, -0.15) is 5.10 Å². The normalized spacial score (nSPS) is 16.8. The summed E-state index contributed by atoms with van der Waals surface area (Å²) in [5.74, 6) is 3.15. The highest BCUT2D eigenvalue weighted by Gasteiger charge is 2.21. The smallest absolute Gasteiger partial charge is 0.150 e. The lowest BCUT2D eigenvalue weighted by Gasteiger charge is -2.23. The number of benzene rings is 1. The molecule has 1 unspecified atom stereocenters. The van der Waals surface area contributed by atoms with Crippen LogP contribution in [0.2, 0.25) is 0 Å². The number of imidazole rings is 1. The molecule has 0 saturated carbocycles. The molecule has 1 aliphatic rings. The largest absolute Gasteiger partial charge is 0.329 e. The number of fused-ring (bicyclic) bond motifs is 1. The molecule has 0 fully saturated rings. The molecule has 6 nitrogen and oxygen atoms in total. The zero-order chi connectivity index (χ0) is 17.1. The van der Waals surface area contributed by atoms with E-state index in [9.17, 15) is 0 Å². The van der Waals surface area contributed by atoms with Crippen LogP contribution in [-0.4, -0.2) is 30.4 Å². The number of aryl methyl sites for hydroxylation is 2. The van der Waals surface area contributed by atoms with Crippen molar-refractivity contribution in [3.05, 3.63) is 65.8 Å². The third kappa shape index (κ3) is 3.64. The monoisotopic (exact) mass is 336 g/mol. The van der Waals surface area contributed by atoms with Crippen molar-refractivity contribution in [3.8, 4) is 0 Å². The first-order chi connectivity index (χ1) is 12.3. The number of rotatable bonds is 6. The molecule has 3 heterocycles. The second-order valence-electron chi connectivity index (χ2n) is 6.55. The first-order valence-electron chi connectivity index (χ1n) is 9.01. The molecule has 1 aromatic carbocycles. The molecule has 6 heteroatoms. The Morgan fingerprint density at radius 2 is 2.12 bits per heavy atom. The molecular formula is C19H24N6. The van der Waals surface area contributed by atoms with Crippen molar-refractivity contribution in [3.63, 3.8) is 0 Å². The van der Waals surface area contributed by atoms with Gasteiger partial charge in [0.25, 0.3) is 0 Å². The summed E-state index contributed by atoms with van der Waals surface area (Å²) in [7, 11) is 0. The molecule has 3 aromatic rings. The number of nitrogens with zero attached hydrogens (tertiary/aromatic N) is 5. The second kappa shape index (κ2) is 7.19. The summed E-state index contributed by atoms with van der Waals surface area (Å²) in [4.78, 5) is 9.11. The van der Waals surface area contributed by atoms with Gasteiger partial charge in [-0.3, -0.25) is 0 Å². The van der Waals surface area contributed by atoms with Crippen LogP contribution >= 0.6 is 0 Å². The number of aromatic nitrogens is 5. The molecule has 25 heavy (non-hydrogen) atoms. The third-order valence-electron chi connectivity index (χ3n) is 4.76. The van der Waals surface area contributed by atoms with Gasteiger partial charge in [-0.25, -0.2) is 14.6 Å². The lowest BCUT2D eigenvalue weighted by atomic mass is 10.1. The Morgan fingerprint density at radius 3 is 2.96 bits per heavy atom. The highest BCUT2D eigenvalue weighted by molar-refractivity contribution is 5.15. The quantitative estimate of drug-likeness (QED) is 0.750. The van der Waals surface area contributed by atoms with Gasteiger partial charge in [-0.15, -0.1) is 0 Å². The molecule has 130 valence electrons. The maximum absolute atomic E-state index is 4.58. The zero-order valence-corrected chi connectivity index (χ0v) is 14.6. The molecule has 0 saturated heterocycles. The van der Waals surface area contributed by atoms with Gasteiger partial charge in [-0.1, -0.05) is 37.3 Å². The molecule has 1 atom stereocenters. The lowest BCUT2D eigenvalue weighted by molar-refractivity contribution is 0.353. The zero-order valence-electron chi connectivity index (χ0n) is 14.6. The fourth-order valence-electron chi connectivity index (χ4n) is 3.34. The summed E-state index contributed by atoms with van der Waals surface area (Å²) in [5, 5.41) is 8.23. The first kappa shape index (κ1) is 16.0. The predicted molar refractivity (Wildman–Crippen MR) is 96.1 cm³/mol. The number of nitrogens with one attached hydrogen (secondary N) is 1. The van der Waals surface area contributed by atoms with Gasteiger partial charge in [0, 0.05) is 37.8 Å². The molecule has 2 aromatic heterocycles. The predicted octanol–water partition coefficient (Wildman–Crippen LogP) is 2.19. The van der Waals surface area contributed by atoms with E-state index in [0.717, 1.165) is 56.4 Å². The van der Waals surface area contributed by atoms with Gasteiger partial charge in [0.05, 0.1) is 13.1 Å². The van der Waals surface area contributed by atoms with Gasteiger partial charge in [0.1, 0.15) is 11.6 Å². The van der Waals surface area contributed by atoms with Crippen molar-refractivity contribution >= 4 is 0 Å². The molecule has 1 aliphatic heterocycles. The third-order valence-corrected chi connectivity index (χ3v) is 4.76. The Morgan fingerprint density at radius 1 is 1.24 bits per heavy atom. The summed E-state index contributed by atoms with van der Waals surface area (Å²) in [6, 6.07) is 10.9. The Bertz CT molecular complexity index is 820. The van der Waals surface area contributed by atoms with Crippen LogP contribution in [0.5, 0.6) is 0 Å². The van der Waals surface area contributed by atoms with Crippen molar-refractivity contribution in [1.29, 1.82) is 0 Å². The topological polar surface area (TPSA) is 60.6 Å². The standard InChI is InChI=1S/C19H24N6/c1-2-17-22-18-9-8-16(14-25(18)23-17)21-12-19-20-10-11-24(19)13-15-6-4-3-5-7-15/h3-7,10-11,16,21H,2,8-9,12-14H2,1H3. The minimum absolute atomic E-state index is 0.417.